The molecule has 0 fully saturated rings. The van der Waals surface area contributed by atoms with Crippen LogP contribution in [-0.2, 0) is 4.79 Å². The van der Waals surface area contributed by atoms with E-state index in [4.69, 9.17) is 4.74 Å². The fourth-order valence-corrected chi connectivity index (χ4v) is 2.46. The van der Waals surface area contributed by atoms with Crippen LogP contribution in [0.3, 0.4) is 0 Å². The summed E-state index contributed by atoms with van der Waals surface area (Å²) in [4.78, 5) is 24.9. The summed E-state index contributed by atoms with van der Waals surface area (Å²) in [6.45, 7) is 10.3. The molecule has 0 saturated heterocycles. The van der Waals surface area contributed by atoms with Crippen LogP contribution >= 0.6 is 0 Å². The minimum atomic E-state index is -0.695. The van der Waals surface area contributed by atoms with Gasteiger partial charge in [0.15, 0.2) is 6.10 Å². The van der Waals surface area contributed by atoms with Crippen molar-refractivity contribution in [3.8, 4) is 5.75 Å². The third kappa shape index (κ3) is 5.84. The van der Waals surface area contributed by atoms with E-state index in [9.17, 15) is 9.59 Å². The highest BCUT2D eigenvalue weighted by atomic mass is 16.5. The standard InChI is InChI=1S/C22H28N2O3/c1-14(2)13-23-22(26)19-8-6-7-9-20(19)24-21(25)17(5)27-18-11-10-15(3)16(4)12-18/h6-12,14,17H,13H2,1-5H3,(H,23,26)(H,24,25)/t17-/m0/s1. The maximum absolute atomic E-state index is 12.5. The first-order valence-electron chi connectivity index (χ1n) is 9.20. The van der Waals surface area contributed by atoms with E-state index in [1.807, 2.05) is 45.9 Å². The van der Waals surface area contributed by atoms with Crippen LogP contribution in [0, 0.1) is 19.8 Å². The van der Waals surface area contributed by atoms with Crippen molar-refractivity contribution in [1.29, 1.82) is 0 Å². The number of nitrogens with one attached hydrogen (secondary N) is 2. The summed E-state index contributed by atoms with van der Waals surface area (Å²) < 4.78 is 5.75. The van der Waals surface area contributed by atoms with Gasteiger partial charge >= 0.3 is 0 Å². The average Bonchev–Trinajstić information content (AvgIpc) is 2.63. The lowest BCUT2D eigenvalue weighted by Gasteiger charge is -2.17. The number of carbonyl (C=O) groups is 2. The second-order valence-corrected chi connectivity index (χ2v) is 7.14. The van der Waals surface area contributed by atoms with Crippen molar-refractivity contribution in [1.82, 2.24) is 5.32 Å². The number of rotatable bonds is 7. The maximum atomic E-state index is 12.5. The molecule has 0 radical (unpaired) electrons. The van der Waals surface area contributed by atoms with Gasteiger partial charge < -0.3 is 15.4 Å². The minimum absolute atomic E-state index is 0.206. The molecule has 1 atom stereocenters. The zero-order valence-corrected chi connectivity index (χ0v) is 16.6. The Balaban J connectivity index is 2.06. The first-order chi connectivity index (χ1) is 12.8. The fourth-order valence-electron chi connectivity index (χ4n) is 2.46. The maximum Gasteiger partial charge on any atom is 0.265 e. The molecule has 0 spiro atoms. The summed E-state index contributed by atoms with van der Waals surface area (Å²) in [6.07, 6.45) is -0.695. The Morgan fingerprint density at radius 2 is 1.70 bits per heavy atom. The van der Waals surface area contributed by atoms with Crippen LogP contribution in [0.5, 0.6) is 5.75 Å². The number of hydrogen-bond acceptors (Lipinski definition) is 3. The van der Waals surface area contributed by atoms with E-state index in [1.165, 1.54) is 5.56 Å². The molecule has 0 aromatic heterocycles. The van der Waals surface area contributed by atoms with Gasteiger partial charge in [0.2, 0.25) is 0 Å². The van der Waals surface area contributed by atoms with Crippen LogP contribution < -0.4 is 15.4 Å². The van der Waals surface area contributed by atoms with Gasteiger partial charge in [0.25, 0.3) is 11.8 Å². The lowest BCUT2D eigenvalue weighted by Crippen LogP contribution is -2.32. The third-order valence-corrected chi connectivity index (χ3v) is 4.26. The lowest BCUT2D eigenvalue weighted by atomic mass is 10.1. The number of ether oxygens (including phenoxy) is 1. The SMILES string of the molecule is Cc1ccc(O[C@@H](C)C(=O)Nc2ccccc2C(=O)NCC(C)C)cc1C. The number of hydrogen-bond donors (Lipinski definition) is 2. The Labute approximate surface area is 161 Å². The second-order valence-electron chi connectivity index (χ2n) is 7.14. The van der Waals surface area contributed by atoms with Crippen LogP contribution in [0.25, 0.3) is 0 Å². The van der Waals surface area contributed by atoms with Crippen LogP contribution in [0.2, 0.25) is 0 Å². The molecular formula is C22H28N2O3. The van der Waals surface area contributed by atoms with Gasteiger partial charge in [-0.15, -0.1) is 0 Å². The molecule has 2 rings (SSSR count). The number of benzene rings is 2. The molecule has 0 aliphatic rings. The lowest BCUT2D eigenvalue weighted by molar-refractivity contribution is -0.122. The summed E-state index contributed by atoms with van der Waals surface area (Å²) in [5.41, 5.74) is 3.18. The highest BCUT2D eigenvalue weighted by molar-refractivity contribution is 6.04. The minimum Gasteiger partial charge on any atom is -0.481 e. The number of carbonyl (C=O) groups excluding carboxylic acids is 2. The summed E-state index contributed by atoms with van der Waals surface area (Å²) in [6, 6.07) is 12.7. The molecule has 144 valence electrons. The van der Waals surface area contributed by atoms with Crippen molar-refractivity contribution in [2.24, 2.45) is 5.92 Å². The number of aryl methyl sites for hydroxylation is 2. The molecule has 5 heteroatoms. The molecule has 0 heterocycles. The summed E-state index contributed by atoms with van der Waals surface area (Å²) in [5.74, 6) is 0.477. The highest BCUT2D eigenvalue weighted by Gasteiger charge is 2.18. The third-order valence-electron chi connectivity index (χ3n) is 4.26. The van der Waals surface area contributed by atoms with Crippen LogP contribution in [0.4, 0.5) is 5.69 Å². The molecule has 0 aliphatic carbocycles. The molecular weight excluding hydrogens is 340 g/mol. The van der Waals surface area contributed by atoms with E-state index in [0.29, 0.717) is 29.5 Å². The van der Waals surface area contributed by atoms with Crippen molar-refractivity contribution < 1.29 is 14.3 Å². The Kier molecular flexibility index (Phi) is 6.99. The zero-order chi connectivity index (χ0) is 20.0. The van der Waals surface area contributed by atoms with Gasteiger partial charge in [0.05, 0.1) is 11.3 Å². The molecule has 0 bridgehead atoms. The van der Waals surface area contributed by atoms with Crippen molar-refractivity contribution in [3.05, 3.63) is 59.2 Å². The topological polar surface area (TPSA) is 67.4 Å². The number of amides is 2. The Bertz CT molecular complexity index is 815. The predicted octanol–water partition coefficient (Wildman–Crippen LogP) is 4.10. The van der Waals surface area contributed by atoms with Crippen LogP contribution in [0.1, 0.15) is 42.3 Å². The molecule has 2 N–H and O–H groups in total. The summed E-state index contributed by atoms with van der Waals surface area (Å²) in [5, 5.41) is 5.67. The van der Waals surface area contributed by atoms with Gasteiger partial charge in [0.1, 0.15) is 5.75 Å². The first kappa shape index (κ1) is 20.5. The van der Waals surface area contributed by atoms with E-state index in [1.54, 1.807) is 31.2 Å². The number of anilines is 1. The van der Waals surface area contributed by atoms with Gasteiger partial charge in [-0.1, -0.05) is 32.0 Å². The largest absolute Gasteiger partial charge is 0.481 e. The Morgan fingerprint density at radius 3 is 2.37 bits per heavy atom. The molecule has 2 aromatic carbocycles. The van der Waals surface area contributed by atoms with Crippen molar-refractivity contribution in [3.63, 3.8) is 0 Å². The van der Waals surface area contributed by atoms with E-state index in [-0.39, 0.29) is 11.8 Å². The molecule has 0 aliphatic heterocycles. The fraction of sp³-hybridized carbons (Fsp3) is 0.364. The molecule has 0 unspecified atom stereocenters. The molecule has 2 aromatic rings. The molecule has 27 heavy (non-hydrogen) atoms. The summed E-state index contributed by atoms with van der Waals surface area (Å²) >= 11 is 0. The first-order valence-corrected chi connectivity index (χ1v) is 9.20. The van der Waals surface area contributed by atoms with Crippen LogP contribution in [-0.4, -0.2) is 24.5 Å². The van der Waals surface area contributed by atoms with E-state index in [0.717, 1.165) is 5.56 Å². The van der Waals surface area contributed by atoms with Gasteiger partial charge in [0, 0.05) is 6.54 Å². The smallest absolute Gasteiger partial charge is 0.265 e. The van der Waals surface area contributed by atoms with Crippen molar-refractivity contribution in [2.75, 3.05) is 11.9 Å². The zero-order valence-electron chi connectivity index (χ0n) is 16.6. The predicted molar refractivity (Wildman–Crippen MR) is 108 cm³/mol. The molecule has 0 saturated carbocycles. The number of para-hydroxylation sites is 1. The van der Waals surface area contributed by atoms with E-state index in [2.05, 4.69) is 10.6 Å². The Hall–Kier alpha value is -2.82. The summed E-state index contributed by atoms with van der Waals surface area (Å²) in [7, 11) is 0. The second kappa shape index (κ2) is 9.21. The Morgan fingerprint density at radius 1 is 1.00 bits per heavy atom. The van der Waals surface area contributed by atoms with Crippen LogP contribution in [0.15, 0.2) is 42.5 Å². The van der Waals surface area contributed by atoms with E-state index < -0.39 is 6.10 Å². The normalized spacial score (nSPS) is 11.8. The van der Waals surface area contributed by atoms with Gasteiger partial charge in [-0.2, -0.15) is 0 Å². The average molecular weight is 368 g/mol. The van der Waals surface area contributed by atoms with Crippen molar-refractivity contribution in [2.45, 2.75) is 40.7 Å². The van der Waals surface area contributed by atoms with Gasteiger partial charge in [-0.25, -0.2) is 0 Å². The molecule has 5 nitrogen and oxygen atoms in total. The van der Waals surface area contributed by atoms with Gasteiger partial charge in [-0.05, 0) is 62.1 Å². The highest BCUT2D eigenvalue weighted by Crippen LogP contribution is 2.19. The van der Waals surface area contributed by atoms with E-state index >= 15 is 0 Å². The van der Waals surface area contributed by atoms with Crippen molar-refractivity contribution >= 4 is 17.5 Å². The molecule has 2 amide bonds. The quantitative estimate of drug-likeness (QED) is 0.773. The van der Waals surface area contributed by atoms with Gasteiger partial charge in [-0.3, -0.25) is 9.59 Å². The monoisotopic (exact) mass is 368 g/mol.